The first-order valence-electron chi connectivity index (χ1n) is 7.02. The third kappa shape index (κ3) is 3.21. The first kappa shape index (κ1) is 15.5. The average Bonchev–Trinajstić information content (AvgIpc) is 3.20. The van der Waals surface area contributed by atoms with Gasteiger partial charge in [-0.2, -0.15) is 0 Å². The molecule has 2 amide bonds. The lowest BCUT2D eigenvalue weighted by Crippen LogP contribution is -2.43. The van der Waals surface area contributed by atoms with E-state index in [0.717, 1.165) is 12.1 Å². The van der Waals surface area contributed by atoms with Gasteiger partial charge in [-0.25, -0.2) is 13.8 Å². The Kier molecular flexibility index (Phi) is 4.33. The van der Waals surface area contributed by atoms with Crippen molar-refractivity contribution in [2.45, 2.75) is 18.9 Å². The highest BCUT2D eigenvalue weighted by Gasteiger charge is 2.35. The maximum absolute atomic E-state index is 13.3. The number of nitrogens with zero attached hydrogens (tertiary/aromatic N) is 2. The van der Waals surface area contributed by atoms with Crippen LogP contribution in [-0.4, -0.2) is 34.3 Å². The Morgan fingerprint density at radius 1 is 1.30 bits per heavy atom. The lowest BCUT2D eigenvalue weighted by Gasteiger charge is -2.23. The molecule has 1 aromatic carbocycles. The normalized spacial score (nSPS) is 17.3. The summed E-state index contributed by atoms with van der Waals surface area (Å²) in [7, 11) is 0. The summed E-state index contributed by atoms with van der Waals surface area (Å²) < 4.78 is 26.3. The van der Waals surface area contributed by atoms with Crippen molar-refractivity contribution < 1.29 is 18.4 Å². The van der Waals surface area contributed by atoms with Crippen molar-refractivity contribution in [2.75, 3.05) is 11.9 Å². The molecule has 2 heterocycles. The minimum Gasteiger partial charge on any atom is -0.327 e. The predicted molar refractivity (Wildman–Crippen MR) is 81.2 cm³/mol. The maximum atomic E-state index is 13.3. The van der Waals surface area contributed by atoms with Crippen molar-refractivity contribution >= 4 is 28.3 Å². The van der Waals surface area contributed by atoms with Crippen molar-refractivity contribution in [3.05, 3.63) is 47.0 Å². The summed E-state index contributed by atoms with van der Waals surface area (Å²) in [6.45, 7) is 0.397. The van der Waals surface area contributed by atoms with E-state index in [0.29, 0.717) is 24.5 Å². The van der Waals surface area contributed by atoms with Crippen LogP contribution in [0.25, 0.3) is 0 Å². The number of rotatable bonds is 3. The summed E-state index contributed by atoms with van der Waals surface area (Å²) in [6, 6.07) is 2.34. The van der Waals surface area contributed by atoms with Gasteiger partial charge >= 0.3 is 0 Å². The number of aromatic nitrogens is 1. The van der Waals surface area contributed by atoms with Gasteiger partial charge in [0, 0.05) is 23.7 Å². The zero-order chi connectivity index (χ0) is 16.4. The van der Waals surface area contributed by atoms with E-state index in [1.54, 1.807) is 11.6 Å². The number of hydrogen-bond donors (Lipinski definition) is 1. The SMILES string of the molecule is O=C(Nc1nccs1)C1CCCN1C(=O)c1ccc(F)c(F)c1. The van der Waals surface area contributed by atoms with Gasteiger partial charge in [0.1, 0.15) is 6.04 Å². The third-order valence-electron chi connectivity index (χ3n) is 3.65. The topological polar surface area (TPSA) is 62.3 Å². The number of anilines is 1. The zero-order valence-electron chi connectivity index (χ0n) is 12.0. The molecule has 0 bridgehead atoms. The molecule has 1 unspecified atom stereocenters. The molecule has 1 aromatic heterocycles. The highest BCUT2D eigenvalue weighted by atomic mass is 32.1. The Hall–Kier alpha value is -2.35. The fraction of sp³-hybridized carbons (Fsp3) is 0.267. The van der Waals surface area contributed by atoms with Gasteiger partial charge in [-0.1, -0.05) is 0 Å². The predicted octanol–water partition coefficient (Wildman–Crippen LogP) is 2.66. The largest absolute Gasteiger partial charge is 0.327 e. The van der Waals surface area contributed by atoms with E-state index in [1.165, 1.54) is 22.3 Å². The van der Waals surface area contributed by atoms with Crippen LogP contribution in [0.2, 0.25) is 0 Å². The third-order valence-corrected chi connectivity index (χ3v) is 4.33. The number of benzene rings is 1. The molecule has 1 saturated heterocycles. The lowest BCUT2D eigenvalue weighted by molar-refractivity contribution is -0.119. The molecular formula is C15H13F2N3O2S. The molecule has 1 N–H and O–H groups in total. The van der Waals surface area contributed by atoms with Gasteiger partial charge in [-0.05, 0) is 31.0 Å². The van der Waals surface area contributed by atoms with Gasteiger partial charge in [0.2, 0.25) is 5.91 Å². The van der Waals surface area contributed by atoms with Crippen LogP contribution in [-0.2, 0) is 4.79 Å². The lowest BCUT2D eigenvalue weighted by atomic mass is 10.1. The second kappa shape index (κ2) is 6.41. The Morgan fingerprint density at radius 3 is 2.83 bits per heavy atom. The van der Waals surface area contributed by atoms with E-state index in [1.807, 2.05) is 0 Å². The Bertz CT molecular complexity index is 736. The van der Waals surface area contributed by atoms with E-state index >= 15 is 0 Å². The Morgan fingerprint density at radius 2 is 2.13 bits per heavy atom. The molecule has 0 aliphatic carbocycles. The van der Waals surface area contributed by atoms with E-state index in [9.17, 15) is 18.4 Å². The number of likely N-dealkylation sites (tertiary alicyclic amines) is 1. The van der Waals surface area contributed by atoms with Crippen LogP contribution in [0.15, 0.2) is 29.8 Å². The van der Waals surface area contributed by atoms with Crippen molar-refractivity contribution in [1.82, 2.24) is 9.88 Å². The second-order valence-corrected chi connectivity index (χ2v) is 6.01. The number of thiazole rings is 1. The van der Waals surface area contributed by atoms with E-state index in [4.69, 9.17) is 0 Å². The zero-order valence-corrected chi connectivity index (χ0v) is 12.8. The van der Waals surface area contributed by atoms with Crippen LogP contribution in [0.4, 0.5) is 13.9 Å². The number of carbonyl (C=O) groups excluding carboxylic acids is 2. The van der Waals surface area contributed by atoms with Crippen molar-refractivity contribution in [3.8, 4) is 0 Å². The van der Waals surface area contributed by atoms with Crippen LogP contribution in [0.1, 0.15) is 23.2 Å². The Balaban J connectivity index is 1.76. The molecule has 2 aromatic rings. The highest BCUT2D eigenvalue weighted by Crippen LogP contribution is 2.23. The molecule has 1 aliphatic rings. The standard InChI is InChI=1S/C15H13F2N3O2S/c16-10-4-3-9(8-11(10)17)14(22)20-6-1-2-12(20)13(21)19-15-18-5-7-23-15/h3-5,7-8,12H,1-2,6H2,(H,18,19,21). The molecule has 1 atom stereocenters. The number of amides is 2. The minimum absolute atomic E-state index is 0.0258. The van der Waals surface area contributed by atoms with Gasteiger partial charge < -0.3 is 10.2 Å². The quantitative estimate of drug-likeness (QED) is 0.937. The molecule has 1 fully saturated rings. The van der Waals surface area contributed by atoms with Crippen LogP contribution in [0.3, 0.4) is 0 Å². The fourth-order valence-corrected chi connectivity index (χ4v) is 3.08. The number of nitrogens with one attached hydrogen (secondary N) is 1. The summed E-state index contributed by atoms with van der Waals surface area (Å²) in [5.41, 5.74) is 0.0258. The van der Waals surface area contributed by atoms with E-state index in [-0.39, 0.29) is 11.5 Å². The highest BCUT2D eigenvalue weighted by molar-refractivity contribution is 7.13. The summed E-state index contributed by atoms with van der Waals surface area (Å²) in [5.74, 6) is -2.91. The van der Waals surface area contributed by atoms with Crippen molar-refractivity contribution in [3.63, 3.8) is 0 Å². The van der Waals surface area contributed by atoms with Gasteiger partial charge in [0.25, 0.3) is 5.91 Å². The summed E-state index contributed by atoms with van der Waals surface area (Å²) in [6.07, 6.45) is 2.76. The number of halogens is 2. The van der Waals surface area contributed by atoms with Crippen LogP contribution in [0, 0.1) is 11.6 Å². The fourth-order valence-electron chi connectivity index (χ4n) is 2.55. The minimum atomic E-state index is -1.08. The van der Waals surface area contributed by atoms with Gasteiger partial charge in [-0.3, -0.25) is 9.59 Å². The molecular weight excluding hydrogens is 324 g/mol. The number of carbonyl (C=O) groups is 2. The van der Waals surface area contributed by atoms with Gasteiger partial charge in [-0.15, -0.1) is 11.3 Å². The summed E-state index contributed by atoms with van der Waals surface area (Å²) >= 11 is 1.28. The molecule has 8 heteroatoms. The van der Waals surface area contributed by atoms with Crippen LogP contribution >= 0.6 is 11.3 Å². The average molecular weight is 337 g/mol. The molecule has 120 valence electrons. The summed E-state index contributed by atoms with van der Waals surface area (Å²) in [4.78, 5) is 30.1. The first-order valence-corrected chi connectivity index (χ1v) is 7.90. The van der Waals surface area contributed by atoms with Gasteiger partial charge in [0.15, 0.2) is 16.8 Å². The van der Waals surface area contributed by atoms with Crippen molar-refractivity contribution in [1.29, 1.82) is 0 Å². The van der Waals surface area contributed by atoms with Crippen LogP contribution < -0.4 is 5.32 Å². The maximum Gasteiger partial charge on any atom is 0.254 e. The van der Waals surface area contributed by atoms with Crippen molar-refractivity contribution in [2.24, 2.45) is 0 Å². The molecule has 0 radical (unpaired) electrons. The summed E-state index contributed by atoms with van der Waals surface area (Å²) in [5, 5.41) is 4.85. The molecule has 5 nitrogen and oxygen atoms in total. The van der Waals surface area contributed by atoms with E-state index in [2.05, 4.69) is 10.3 Å². The molecule has 23 heavy (non-hydrogen) atoms. The molecule has 0 spiro atoms. The van der Waals surface area contributed by atoms with E-state index < -0.39 is 23.6 Å². The molecule has 0 saturated carbocycles. The van der Waals surface area contributed by atoms with Gasteiger partial charge in [0.05, 0.1) is 0 Å². The monoisotopic (exact) mass is 337 g/mol. The second-order valence-electron chi connectivity index (χ2n) is 5.11. The molecule has 3 rings (SSSR count). The first-order chi connectivity index (χ1) is 11.1. The molecule has 1 aliphatic heterocycles. The van der Waals surface area contributed by atoms with Crippen LogP contribution in [0.5, 0.6) is 0 Å². The Labute approximate surface area is 134 Å². The smallest absolute Gasteiger partial charge is 0.254 e. The number of hydrogen-bond acceptors (Lipinski definition) is 4.